The maximum absolute atomic E-state index is 13.7. The molecule has 0 aromatic carbocycles. The summed E-state index contributed by atoms with van der Waals surface area (Å²) in [5, 5.41) is 3.47. The van der Waals surface area contributed by atoms with Crippen LogP contribution in [-0.2, 0) is 19.1 Å². The van der Waals surface area contributed by atoms with Gasteiger partial charge in [-0.3, -0.25) is 14.9 Å². The molecule has 0 heterocycles. The van der Waals surface area contributed by atoms with E-state index in [1.54, 1.807) is 0 Å². The predicted molar refractivity (Wildman–Crippen MR) is 113 cm³/mol. The van der Waals surface area contributed by atoms with Gasteiger partial charge in [0.05, 0.1) is 12.2 Å². The van der Waals surface area contributed by atoms with Crippen LogP contribution >= 0.6 is 0 Å². The van der Waals surface area contributed by atoms with E-state index in [9.17, 15) is 9.59 Å². The van der Waals surface area contributed by atoms with E-state index < -0.39 is 16.5 Å². The van der Waals surface area contributed by atoms with Crippen LogP contribution in [0, 0.1) is 10.8 Å². The number of ketones is 2. The van der Waals surface area contributed by atoms with Gasteiger partial charge in [-0.25, -0.2) is 0 Å². The Kier molecular flexibility index (Phi) is 6.88. The van der Waals surface area contributed by atoms with Crippen LogP contribution in [-0.4, -0.2) is 34.9 Å². The quantitative estimate of drug-likeness (QED) is 0.628. The number of nitrogens with one attached hydrogen (secondary N) is 1. The lowest BCUT2D eigenvalue weighted by Gasteiger charge is -2.46. The first-order valence-electron chi connectivity index (χ1n) is 10.3. The van der Waals surface area contributed by atoms with E-state index in [0.717, 1.165) is 6.42 Å². The first-order valence-corrected chi connectivity index (χ1v) is 10.3. The lowest BCUT2D eigenvalue weighted by atomic mass is 9.68. The molecule has 0 aromatic rings. The molecule has 0 amide bonds. The van der Waals surface area contributed by atoms with Crippen LogP contribution in [0.25, 0.3) is 0 Å². The van der Waals surface area contributed by atoms with Gasteiger partial charge in [0.25, 0.3) is 0 Å². The molecule has 0 unspecified atom stereocenters. The van der Waals surface area contributed by atoms with Crippen molar-refractivity contribution in [3.05, 3.63) is 11.5 Å². The molecule has 5 nitrogen and oxygen atoms in total. The lowest BCUT2D eigenvalue weighted by molar-refractivity contribution is -0.140. The molecule has 0 saturated carbocycles. The average molecular weight is 396 g/mol. The summed E-state index contributed by atoms with van der Waals surface area (Å²) >= 11 is 0. The van der Waals surface area contributed by atoms with Crippen molar-refractivity contribution < 1.29 is 19.1 Å². The second-order valence-electron chi connectivity index (χ2n) is 11.4. The maximum Gasteiger partial charge on any atom is 0.230 e. The summed E-state index contributed by atoms with van der Waals surface area (Å²) in [6.07, 6.45) is 0.311. The Morgan fingerprint density at radius 1 is 0.786 bits per heavy atom. The Morgan fingerprint density at radius 3 is 1.39 bits per heavy atom. The molecule has 0 aliphatic heterocycles. The zero-order valence-corrected chi connectivity index (χ0v) is 20.0. The second kappa shape index (κ2) is 7.81. The second-order valence-corrected chi connectivity index (χ2v) is 11.4. The van der Waals surface area contributed by atoms with Gasteiger partial charge in [-0.2, -0.15) is 0 Å². The molecule has 1 aliphatic carbocycles. The van der Waals surface area contributed by atoms with Gasteiger partial charge in [0.1, 0.15) is 0 Å². The summed E-state index contributed by atoms with van der Waals surface area (Å²) in [5.74, 6) is -0.585. The van der Waals surface area contributed by atoms with Crippen LogP contribution < -0.4 is 5.32 Å². The van der Waals surface area contributed by atoms with E-state index >= 15 is 0 Å². The van der Waals surface area contributed by atoms with Crippen LogP contribution in [0.3, 0.4) is 0 Å². The Balaban J connectivity index is 3.56. The highest BCUT2D eigenvalue weighted by Crippen LogP contribution is 2.44. The van der Waals surface area contributed by atoms with Crippen molar-refractivity contribution in [1.29, 1.82) is 0 Å². The van der Waals surface area contributed by atoms with Crippen LogP contribution in [0.15, 0.2) is 11.5 Å². The first kappa shape index (κ1) is 24.7. The predicted octanol–water partition coefficient (Wildman–Crippen LogP) is 4.79. The van der Waals surface area contributed by atoms with E-state index in [-0.39, 0.29) is 40.7 Å². The monoisotopic (exact) mass is 395 g/mol. The van der Waals surface area contributed by atoms with Crippen molar-refractivity contribution in [2.24, 2.45) is 10.8 Å². The standard InChI is InChI=1S/C23H41NO4/c1-14(2)27-16-17(28-15(3)4)19(26)23(18(16)25,21(8,9)10)24-22(11,12)13-20(5,6)7/h14-15,24H,13H2,1-12H3. The number of carbonyl (C=O) groups is 2. The Hall–Kier alpha value is -1.36. The third kappa shape index (κ3) is 5.16. The van der Waals surface area contributed by atoms with Gasteiger partial charge < -0.3 is 9.47 Å². The lowest BCUT2D eigenvalue weighted by Crippen LogP contribution is -2.69. The van der Waals surface area contributed by atoms with Gasteiger partial charge in [-0.15, -0.1) is 0 Å². The van der Waals surface area contributed by atoms with Gasteiger partial charge in [0, 0.05) is 5.54 Å². The molecule has 1 aliphatic rings. The fourth-order valence-electron chi connectivity index (χ4n) is 4.20. The molecule has 0 bridgehead atoms. The molecule has 0 aromatic heterocycles. The zero-order chi connectivity index (χ0) is 22.3. The van der Waals surface area contributed by atoms with Gasteiger partial charge in [0.15, 0.2) is 5.54 Å². The molecular weight excluding hydrogens is 354 g/mol. The average Bonchev–Trinajstić information content (AvgIpc) is 2.58. The summed E-state index contributed by atoms with van der Waals surface area (Å²) in [7, 11) is 0. The number of hydrogen-bond donors (Lipinski definition) is 1. The normalized spacial score (nSPS) is 18.5. The number of Topliss-reactive ketones (excluding diaryl/α,β-unsaturated/α-hetero) is 2. The minimum absolute atomic E-state index is 0.0300. The van der Waals surface area contributed by atoms with Crippen molar-refractivity contribution in [2.75, 3.05) is 0 Å². The smallest absolute Gasteiger partial charge is 0.230 e. The summed E-state index contributed by atoms with van der Waals surface area (Å²) in [6.45, 7) is 23.6. The van der Waals surface area contributed by atoms with E-state index in [0.29, 0.717) is 0 Å². The van der Waals surface area contributed by atoms with Gasteiger partial charge >= 0.3 is 0 Å². The van der Waals surface area contributed by atoms with Crippen LogP contribution in [0.1, 0.15) is 89.5 Å². The van der Waals surface area contributed by atoms with Gasteiger partial charge in [0.2, 0.25) is 23.1 Å². The van der Waals surface area contributed by atoms with Crippen molar-refractivity contribution in [3.63, 3.8) is 0 Å². The van der Waals surface area contributed by atoms with E-state index in [4.69, 9.17) is 9.47 Å². The fraction of sp³-hybridized carbons (Fsp3) is 0.826. The largest absolute Gasteiger partial charge is 0.484 e. The Bertz CT molecular complexity index is 610. The Morgan fingerprint density at radius 2 is 1.14 bits per heavy atom. The van der Waals surface area contributed by atoms with Crippen LogP contribution in [0.5, 0.6) is 0 Å². The maximum atomic E-state index is 13.7. The molecular formula is C23H41NO4. The molecule has 28 heavy (non-hydrogen) atoms. The molecule has 0 spiro atoms. The van der Waals surface area contributed by atoms with Crippen molar-refractivity contribution in [1.82, 2.24) is 5.32 Å². The molecule has 0 atom stereocenters. The zero-order valence-electron chi connectivity index (χ0n) is 20.0. The number of hydrogen-bond acceptors (Lipinski definition) is 5. The summed E-state index contributed by atoms with van der Waals surface area (Å²) in [5.41, 5.74) is -2.53. The van der Waals surface area contributed by atoms with E-state index in [1.807, 2.05) is 62.3 Å². The number of ether oxygens (including phenoxy) is 2. The van der Waals surface area contributed by atoms with E-state index in [1.165, 1.54) is 0 Å². The highest BCUT2D eigenvalue weighted by atomic mass is 16.5. The van der Waals surface area contributed by atoms with E-state index in [2.05, 4.69) is 26.1 Å². The number of carbonyl (C=O) groups excluding carboxylic acids is 2. The Labute approximate surface area is 171 Å². The van der Waals surface area contributed by atoms with Gasteiger partial charge in [-0.1, -0.05) is 41.5 Å². The summed E-state index contributed by atoms with van der Waals surface area (Å²) < 4.78 is 11.6. The van der Waals surface area contributed by atoms with Gasteiger partial charge in [-0.05, 0) is 58.8 Å². The SMILES string of the molecule is CC(C)OC1=C(OC(C)C)C(=O)C(NC(C)(C)CC(C)(C)C)(C(C)(C)C)C1=O. The highest BCUT2D eigenvalue weighted by molar-refractivity contribution is 6.30. The molecule has 162 valence electrons. The third-order valence-corrected chi connectivity index (χ3v) is 4.63. The first-order chi connectivity index (χ1) is 12.3. The minimum atomic E-state index is -1.43. The topological polar surface area (TPSA) is 64.6 Å². The summed E-state index contributed by atoms with van der Waals surface area (Å²) in [6, 6.07) is 0. The molecule has 0 fully saturated rings. The highest BCUT2D eigenvalue weighted by Gasteiger charge is 2.64. The molecule has 0 saturated heterocycles. The molecule has 1 rings (SSSR count). The molecule has 5 heteroatoms. The van der Waals surface area contributed by atoms with Crippen LogP contribution in [0.4, 0.5) is 0 Å². The number of rotatable bonds is 7. The van der Waals surface area contributed by atoms with Crippen molar-refractivity contribution >= 4 is 11.6 Å². The van der Waals surface area contributed by atoms with Crippen LogP contribution in [0.2, 0.25) is 0 Å². The van der Waals surface area contributed by atoms with Crippen molar-refractivity contribution in [3.8, 4) is 0 Å². The van der Waals surface area contributed by atoms with Crippen molar-refractivity contribution in [2.45, 2.75) is 113 Å². The third-order valence-electron chi connectivity index (χ3n) is 4.63. The molecule has 0 radical (unpaired) electrons. The summed E-state index contributed by atoms with van der Waals surface area (Å²) in [4.78, 5) is 27.4. The fourth-order valence-corrected chi connectivity index (χ4v) is 4.20. The minimum Gasteiger partial charge on any atom is -0.484 e. The molecule has 1 N–H and O–H groups in total.